The molecule has 3 rings (SSSR count). The molecular weight excluding hydrogens is 376 g/mol. The number of nitrogens with zero attached hydrogens (tertiary/aromatic N) is 3. The first kappa shape index (κ1) is 20.5. The summed E-state index contributed by atoms with van der Waals surface area (Å²) in [6.07, 6.45) is 5.05. The second-order valence-corrected chi connectivity index (χ2v) is 8.21. The van der Waals surface area contributed by atoms with Crippen molar-refractivity contribution < 1.29 is 9.59 Å². The van der Waals surface area contributed by atoms with E-state index in [-0.39, 0.29) is 35.8 Å². The number of hydrogen-bond acceptors (Lipinski definition) is 5. The molecule has 0 atom stereocenters. The highest BCUT2D eigenvalue weighted by molar-refractivity contribution is 7.16. The zero-order chi connectivity index (χ0) is 20.1. The van der Waals surface area contributed by atoms with E-state index in [0.717, 1.165) is 30.5 Å². The summed E-state index contributed by atoms with van der Waals surface area (Å²) < 4.78 is 1.49. The summed E-state index contributed by atoms with van der Waals surface area (Å²) in [7, 11) is 0. The number of aromatic nitrogens is 2. The van der Waals surface area contributed by atoms with Crippen molar-refractivity contribution in [3.05, 3.63) is 28.1 Å². The van der Waals surface area contributed by atoms with E-state index in [1.807, 2.05) is 10.3 Å². The summed E-state index contributed by atoms with van der Waals surface area (Å²) in [6.45, 7) is 5.80. The molecule has 1 fully saturated rings. The van der Waals surface area contributed by atoms with E-state index in [2.05, 4.69) is 24.1 Å². The van der Waals surface area contributed by atoms with Crippen LogP contribution in [0.1, 0.15) is 46.0 Å². The molecule has 2 aromatic heterocycles. The molecule has 1 saturated heterocycles. The van der Waals surface area contributed by atoms with Crippen LogP contribution in [-0.2, 0) is 16.1 Å². The van der Waals surface area contributed by atoms with Crippen molar-refractivity contribution in [1.29, 1.82) is 0 Å². The number of likely N-dealkylation sites (tertiary alicyclic amines) is 1. The first-order valence-electron chi connectivity index (χ1n) is 10.0. The Morgan fingerprint density at radius 3 is 2.68 bits per heavy atom. The van der Waals surface area contributed by atoms with Gasteiger partial charge < -0.3 is 10.2 Å². The van der Waals surface area contributed by atoms with E-state index in [1.165, 1.54) is 22.2 Å². The third-order valence-corrected chi connectivity index (χ3v) is 6.36. The van der Waals surface area contributed by atoms with Gasteiger partial charge in [0, 0.05) is 38.0 Å². The lowest BCUT2D eigenvalue weighted by Crippen LogP contribution is -2.48. The van der Waals surface area contributed by atoms with Crippen LogP contribution in [0.5, 0.6) is 0 Å². The van der Waals surface area contributed by atoms with Gasteiger partial charge in [-0.05, 0) is 37.1 Å². The number of amides is 2. The lowest BCUT2D eigenvalue weighted by Gasteiger charge is -2.34. The molecule has 1 N–H and O–H groups in total. The highest BCUT2D eigenvalue weighted by atomic mass is 32.1. The zero-order valence-electron chi connectivity index (χ0n) is 16.5. The third kappa shape index (κ3) is 4.60. The predicted octanol–water partition coefficient (Wildman–Crippen LogP) is 2.39. The van der Waals surface area contributed by atoms with Gasteiger partial charge in [0.2, 0.25) is 11.8 Å². The largest absolute Gasteiger partial charge is 0.353 e. The topological polar surface area (TPSA) is 84.3 Å². The monoisotopic (exact) mass is 404 g/mol. The van der Waals surface area contributed by atoms with E-state index < -0.39 is 0 Å². The lowest BCUT2D eigenvalue weighted by molar-refractivity contribution is -0.137. The van der Waals surface area contributed by atoms with Crippen LogP contribution in [0.25, 0.3) is 10.2 Å². The average Bonchev–Trinajstić information content (AvgIpc) is 3.18. The lowest BCUT2D eigenvalue weighted by atomic mass is 9.98. The van der Waals surface area contributed by atoms with Gasteiger partial charge in [-0.1, -0.05) is 13.8 Å². The first-order valence-corrected chi connectivity index (χ1v) is 10.9. The molecule has 0 aliphatic carbocycles. The predicted molar refractivity (Wildman–Crippen MR) is 110 cm³/mol. The summed E-state index contributed by atoms with van der Waals surface area (Å²) in [5.41, 5.74) is -0.104. The fraction of sp³-hybridized carbons (Fsp3) is 0.600. The van der Waals surface area contributed by atoms with Crippen molar-refractivity contribution in [2.24, 2.45) is 5.92 Å². The summed E-state index contributed by atoms with van der Waals surface area (Å²) in [6, 6.07) is 1.86. The SMILES string of the molecule is CCC(CC)C(=O)N1CCC(NC(=O)CCn2cnc3sccc3c2=O)CC1. The van der Waals surface area contributed by atoms with Crippen LogP contribution in [0.3, 0.4) is 0 Å². The number of fused-ring (bicyclic) bond motifs is 1. The van der Waals surface area contributed by atoms with Gasteiger partial charge in [-0.25, -0.2) is 4.98 Å². The minimum Gasteiger partial charge on any atom is -0.353 e. The Labute approximate surface area is 168 Å². The van der Waals surface area contributed by atoms with Gasteiger partial charge in [0.25, 0.3) is 5.56 Å². The van der Waals surface area contributed by atoms with E-state index in [0.29, 0.717) is 25.0 Å². The van der Waals surface area contributed by atoms with Crippen LogP contribution in [0, 0.1) is 5.92 Å². The smallest absolute Gasteiger partial charge is 0.262 e. The first-order chi connectivity index (χ1) is 13.5. The molecule has 0 aromatic carbocycles. The van der Waals surface area contributed by atoms with E-state index in [1.54, 1.807) is 6.07 Å². The molecular formula is C20H28N4O3S. The summed E-state index contributed by atoms with van der Waals surface area (Å²) in [4.78, 5) is 44.0. The molecule has 28 heavy (non-hydrogen) atoms. The van der Waals surface area contributed by atoms with Crippen molar-refractivity contribution in [3.63, 3.8) is 0 Å². The van der Waals surface area contributed by atoms with E-state index >= 15 is 0 Å². The number of aryl methyl sites for hydroxylation is 1. The number of hydrogen-bond donors (Lipinski definition) is 1. The summed E-state index contributed by atoms with van der Waals surface area (Å²) in [5.74, 6) is 0.284. The maximum Gasteiger partial charge on any atom is 0.262 e. The van der Waals surface area contributed by atoms with Crippen LogP contribution in [0.2, 0.25) is 0 Å². The van der Waals surface area contributed by atoms with Gasteiger partial charge in [0.15, 0.2) is 0 Å². The van der Waals surface area contributed by atoms with Crippen molar-refractivity contribution in [2.45, 2.75) is 58.5 Å². The normalized spacial score (nSPS) is 15.3. The Kier molecular flexibility index (Phi) is 6.83. The van der Waals surface area contributed by atoms with E-state index in [4.69, 9.17) is 0 Å². The molecule has 7 nitrogen and oxygen atoms in total. The Morgan fingerprint density at radius 1 is 1.29 bits per heavy atom. The Hall–Kier alpha value is -2.22. The highest BCUT2D eigenvalue weighted by Gasteiger charge is 2.27. The minimum absolute atomic E-state index is 0.0675. The van der Waals surface area contributed by atoms with Gasteiger partial charge in [0.05, 0.1) is 11.7 Å². The van der Waals surface area contributed by atoms with Crippen molar-refractivity contribution in [3.8, 4) is 0 Å². The van der Waals surface area contributed by atoms with Crippen LogP contribution >= 0.6 is 11.3 Å². The Morgan fingerprint density at radius 2 is 2.00 bits per heavy atom. The number of piperidine rings is 1. The quantitative estimate of drug-likeness (QED) is 0.768. The Bertz CT molecular complexity index is 879. The molecule has 0 saturated carbocycles. The Balaban J connectivity index is 1.46. The average molecular weight is 405 g/mol. The summed E-state index contributed by atoms with van der Waals surface area (Å²) in [5, 5.41) is 5.49. The number of thiophene rings is 1. The van der Waals surface area contributed by atoms with Crippen molar-refractivity contribution in [1.82, 2.24) is 19.8 Å². The number of nitrogens with one attached hydrogen (secondary N) is 1. The van der Waals surface area contributed by atoms with Crippen molar-refractivity contribution in [2.75, 3.05) is 13.1 Å². The van der Waals surface area contributed by atoms with Crippen LogP contribution in [-0.4, -0.2) is 45.4 Å². The number of rotatable bonds is 7. The molecule has 0 spiro atoms. The zero-order valence-corrected chi connectivity index (χ0v) is 17.3. The number of carbonyl (C=O) groups is 2. The molecule has 152 valence electrons. The molecule has 3 heterocycles. The molecule has 8 heteroatoms. The molecule has 0 bridgehead atoms. The van der Waals surface area contributed by atoms with Gasteiger partial charge >= 0.3 is 0 Å². The molecule has 0 radical (unpaired) electrons. The molecule has 0 unspecified atom stereocenters. The van der Waals surface area contributed by atoms with Crippen LogP contribution in [0.15, 0.2) is 22.6 Å². The van der Waals surface area contributed by atoms with E-state index in [9.17, 15) is 14.4 Å². The third-order valence-electron chi connectivity index (χ3n) is 5.54. The maximum absolute atomic E-state index is 12.5. The number of carbonyl (C=O) groups excluding carboxylic acids is 2. The fourth-order valence-electron chi connectivity index (χ4n) is 3.71. The summed E-state index contributed by atoms with van der Waals surface area (Å²) >= 11 is 1.43. The van der Waals surface area contributed by atoms with Gasteiger partial charge in [-0.3, -0.25) is 19.0 Å². The molecule has 1 aliphatic heterocycles. The second-order valence-electron chi connectivity index (χ2n) is 7.31. The second kappa shape index (κ2) is 9.32. The highest BCUT2D eigenvalue weighted by Crippen LogP contribution is 2.17. The van der Waals surface area contributed by atoms with Gasteiger partial charge in [-0.15, -0.1) is 11.3 Å². The van der Waals surface area contributed by atoms with Gasteiger partial charge in [0.1, 0.15) is 4.83 Å². The van der Waals surface area contributed by atoms with Gasteiger partial charge in [-0.2, -0.15) is 0 Å². The maximum atomic E-state index is 12.5. The fourth-order valence-corrected chi connectivity index (χ4v) is 4.44. The minimum atomic E-state index is -0.104. The molecule has 1 aliphatic rings. The standard InChI is InChI=1S/C20H28N4O3S/c1-3-14(4-2)19(26)23-9-5-15(6-10-23)22-17(25)7-11-24-13-21-18-16(20(24)27)8-12-28-18/h8,12-15H,3-7,9-11H2,1-2H3,(H,22,25). The van der Waals surface area contributed by atoms with Crippen molar-refractivity contribution >= 4 is 33.4 Å². The van der Waals surface area contributed by atoms with Crippen LogP contribution in [0.4, 0.5) is 0 Å². The molecule has 2 aromatic rings. The molecule has 2 amide bonds. The van der Waals surface area contributed by atoms with Crippen LogP contribution < -0.4 is 10.9 Å².